The molecule has 3 aromatic rings. The molecular formula is C41H55Cl3SiTi. The summed E-state index contributed by atoms with van der Waals surface area (Å²) in [5.74, 6) is 0. The van der Waals surface area contributed by atoms with Gasteiger partial charge in [-0.1, -0.05) is 0 Å². The van der Waals surface area contributed by atoms with Crippen LogP contribution in [-0.2, 0) is 44.1 Å². The van der Waals surface area contributed by atoms with Crippen LogP contribution in [-0.4, -0.2) is 8.07 Å². The second-order valence-electron chi connectivity index (χ2n) is 15.5. The molecule has 0 saturated heterocycles. The Kier molecular flexibility index (Phi) is 14.2. The first-order valence-electron chi connectivity index (χ1n) is 16.3. The molecule has 0 bridgehead atoms. The monoisotopic (exact) mass is 728 g/mol. The normalized spacial score (nSPS) is 18.1. The summed E-state index contributed by atoms with van der Waals surface area (Å²) in [6, 6.07) is 22.9. The maximum atomic E-state index is 2.64. The van der Waals surface area contributed by atoms with Crippen LogP contribution in [0.25, 0.3) is 0 Å². The molecule has 0 heterocycles. The standard InChI is InChI=1S/C41H55Si.3ClH.Ti/c1-15-32-20-33(16-2)22-37(21-32)42(36-18-27(3)17-28(4)19-36,41(14)26-29(5)30(6)31(41)7)38-24-34(39(8,9)10)23-35(25-38)40(11,12)13;;;;/h17-25H,15-16H2,1-14H3;3*1H;/q;;;;+3/p-3. The Morgan fingerprint density at radius 3 is 1.30 bits per heavy atom. The SMILES string of the molecule is CCc1cc(CC)cc([Si](c2cc(C)cc(C)c2)(c2cc(C(C)(C)C)cc(C(C)(C)C)c2)C2(C)C(C)=C(C)C(C)=[C]2[Ti+3])c1.[Cl-].[Cl-].[Cl-]. The molecule has 1 aliphatic carbocycles. The summed E-state index contributed by atoms with van der Waals surface area (Å²) in [4.78, 5) is 0. The second kappa shape index (κ2) is 15.2. The average molecular weight is 730 g/mol. The molecule has 0 N–H and O–H groups in total. The summed E-state index contributed by atoms with van der Waals surface area (Å²) in [6.45, 7) is 33.3. The first kappa shape index (κ1) is 43.0. The molecule has 0 radical (unpaired) electrons. The van der Waals surface area contributed by atoms with Crippen molar-refractivity contribution < 1.29 is 57.7 Å². The van der Waals surface area contributed by atoms with Crippen molar-refractivity contribution in [2.75, 3.05) is 0 Å². The van der Waals surface area contributed by atoms with Crippen molar-refractivity contribution in [1.82, 2.24) is 0 Å². The van der Waals surface area contributed by atoms with Gasteiger partial charge < -0.3 is 37.2 Å². The van der Waals surface area contributed by atoms with E-state index in [1.54, 1.807) is 19.8 Å². The van der Waals surface area contributed by atoms with Crippen molar-refractivity contribution in [3.63, 3.8) is 0 Å². The molecule has 3 aromatic carbocycles. The summed E-state index contributed by atoms with van der Waals surface area (Å²) < 4.78 is 1.55. The molecule has 0 aromatic heterocycles. The summed E-state index contributed by atoms with van der Waals surface area (Å²) >= 11 is 2.45. The van der Waals surface area contributed by atoms with Crippen molar-refractivity contribution >= 4 is 23.6 Å². The fourth-order valence-corrected chi connectivity index (χ4v) is 15.5. The van der Waals surface area contributed by atoms with Crippen molar-refractivity contribution in [3.05, 3.63) is 109 Å². The van der Waals surface area contributed by atoms with E-state index < -0.39 is 8.07 Å². The first-order valence-corrected chi connectivity index (χ1v) is 19.1. The smallest absolute Gasteiger partial charge is 1.00 e. The van der Waals surface area contributed by atoms with Crippen molar-refractivity contribution in [1.29, 1.82) is 0 Å². The Morgan fingerprint density at radius 1 is 0.565 bits per heavy atom. The Hall–Kier alpha value is -1.06. The van der Waals surface area contributed by atoms with Gasteiger partial charge in [-0.25, -0.2) is 0 Å². The molecule has 0 spiro atoms. The fraction of sp³-hybridized carbons (Fsp3) is 0.463. The molecule has 4 rings (SSSR count). The minimum Gasteiger partial charge on any atom is -1.00 e. The van der Waals surface area contributed by atoms with Crippen LogP contribution in [0.3, 0.4) is 0 Å². The van der Waals surface area contributed by atoms with Crippen LogP contribution in [0, 0.1) is 13.8 Å². The molecule has 0 saturated carbocycles. The van der Waals surface area contributed by atoms with E-state index in [4.69, 9.17) is 0 Å². The van der Waals surface area contributed by atoms with Gasteiger partial charge in [0, 0.05) is 0 Å². The molecule has 1 aliphatic rings. The van der Waals surface area contributed by atoms with E-state index in [1.807, 2.05) is 0 Å². The molecule has 2 atom stereocenters. The van der Waals surface area contributed by atoms with Crippen molar-refractivity contribution in [2.24, 2.45) is 0 Å². The topological polar surface area (TPSA) is 0 Å². The van der Waals surface area contributed by atoms with Gasteiger partial charge >= 0.3 is 278 Å². The van der Waals surface area contributed by atoms with E-state index >= 15 is 0 Å². The van der Waals surface area contributed by atoms with E-state index in [9.17, 15) is 0 Å². The quantitative estimate of drug-likeness (QED) is 0.256. The van der Waals surface area contributed by atoms with Crippen molar-refractivity contribution in [3.8, 4) is 0 Å². The van der Waals surface area contributed by atoms with Crippen LogP contribution in [0.5, 0.6) is 0 Å². The maximum absolute atomic E-state index is 2.82. The number of benzene rings is 3. The minimum absolute atomic E-state index is 0. The number of hydrogen-bond donors (Lipinski definition) is 0. The van der Waals surface area contributed by atoms with Gasteiger partial charge in [-0.3, -0.25) is 0 Å². The molecule has 0 fully saturated rings. The zero-order valence-electron chi connectivity index (χ0n) is 30.7. The molecule has 0 aliphatic heterocycles. The zero-order valence-corrected chi connectivity index (χ0v) is 35.6. The maximum Gasteiger partial charge on any atom is -1.00 e. The molecular weight excluding hydrogens is 675 g/mol. The van der Waals surface area contributed by atoms with Gasteiger partial charge in [0.25, 0.3) is 0 Å². The zero-order chi connectivity index (χ0) is 32.3. The van der Waals surface area contributed by atoms with Gasteiger partial charge in [-0.15, -0.1) is 0 Å². The Balaban J connectivity index is 0.00000353. The molecule has 248 valence electrons. The average Bonchev–Trinajstić information content (AvgIpc) is 3.07. The van der Waals surface area contributed by atoms with Crippen LogP contribution in [0.4, 0.5) is 0 Å². The molecule has 46 heavy (non-hydrogen) atoms. The number of rotatable bonds is 6. The molecule has 5 heteroatoms. The summed E-state index contributed by atoms with van der Waals surface area (Å²) in [5, 5.41) is 4.52. The summed E-state index contributed by atoms with van der Waals surface area (Å²) in [5.41, 5.74) is 13.1. The van der Waals surface area contributed by atoms with Crippen LogP contribution < -0.4 is 52.8 Å². The first-order chi connectivity index (χ1) is 19.8. The number of hydrogen-bond acceptors (Lipinski definition) is 0. The van der Waals surface area contributed by atoms with Gasteiger partial charge in [0.1, 0.15) is 0 Å². The second-order valence-corrected chi connectivity index (χ2v) is 20.6. The van der Waals surface area contributed by atoms with Gasteiger partial charge in [-0.05, 0) is 0 Å². The predicted octanol–water partition coefficient (Wildman–Crippen LogP) is 0.437. The summed E-state index contributed by atoms with van der Waals surface area (Å²) in [7, 11) is -2.82. The Morgan fingerprint density at radius 2 is 0.957 bits per heavy atom. The number of allylic oxidation sites excluding steroid dienone is 4. The molecule has 2 unspecified atom stereocenters. The third-order valence-electron chi connectivity index (χ3n) is 10.6. The van der Waals surface area contributed by atoms with E-state index in [-0.39, 0.29) is 53.1 Å². The largest absolute Gasteiger partial charge is 1.00 e. The van der Waals surface area contributed by atoms with Gasteiger partial charge in [0.15, 0.2) is 0 Å². The Labute approximate surface area is 313 Å². The third kappa shape index (κ3) is 7.27. The van der Waals surface area contributed by atoms with Gasteiger partial charge in [-0.2, -0.15) is 0 Å². The number of aryl methyl sites for hydroxylation is 4. The Bertz CT molecular complexity index is 1540. The van der Waals surface area contributed by atoms with Gasteiger partial charge in [0.05, 0.1) is 0 Å². The van der Waals surface area contributed by atoms with Gasteiger partial charge in [0.2, 0.25) is 0 Å². The van der Waals surface area contributed by atoms with Crippen molar-refractivity contribution in [2.45, 2.75) is 126 Å². The fourth-order valence-electron chi connectivity index (χ4n) is 7.53. The molecule has 0 nitrogen and oxygen atoms in total. The third-order valence-corrected chi connectivity index (χ3v) is 17.9. The molecule has 0 amide bonds. The van der Waals surface area contributed by atoms with Crippen LogP contribution in [0.1, 0.15) is 116 Å². The van der Waals surface area contributed by atoms with E-state index in [0.717, 1.165) is 12.8 Å². The van der Waals surface area contributed by atoms with Crippen LogP contribution in [0.2, 0.25) is 5.04 Å². The van der Waals surface area contributed by atoms with Crippen LogP contribution in [0.15, 0.2) is 75.2 Å². The van der Waals surface area contributed by atoms with E-state index in [1.165, 1.54) is 49.7 Å². The van der Waals surface area contributed by atoms with Crippen LogP contribution >= 0.6 is 0 Å². The van der Waals surface area contributed by atoms with E-state index in [2.05, 4.69) is 172 Å². The number of halogens is 3. The predicted molar refractivity (Wildman–Crippen MR) is 189 cm³/mol. The minimum atomic E-state index is -2.82. The summed E-state index contributed by atoms with van der Waals surface area (Å²) in [6.07, 6.45) is 2.09. The van der Waals surface area contributed by atoms with E-state index in [0.29, 0.717) is 0 Å².